The maximum atomic E-state index is 4.04. The van der Waals surface area contributed by atoms with E-state index in [0.717, 1.165) is 31.8 Å². The summed E-state index contributed by atoms with van der Waals surface area (Å²) in [6.45, 7) is 6.79. The van der Waals surface area contributed by atoms with E-state index in [1.165, 1.54) is 0 Å². The molecule has 1 N–H and O–H groups in total. The van der Waals surface area contributed by atoms with E-state index in [4.69, 9.17) is 0 Å². The quantitative estimate of drug-likeness (QED) is 0.758. The Morgan fingerprint density at radius 1 is 1.36 bits per heavy atom. The van der Waals surface area contributed by atoms with Crippen LogP contribution in [0.1, 0.15) is 38.4 Å². The molecule has 0 saturated carbocycles. The highest BCUT2D eigenvalue weighted by atomic mass is 15.5. The van der Waals surface area contributed by atoms with Gasteiger partial charge in [0.2, 0.25) is 0 Å². The molecule has 1 saturated heterocycles. The van der Waals surface area contributed by atoms with Crippen LogP contribution in [-0.2, 0) is 0 Å². The second-order valence-electron chi connectivity index (χ2n) is 4.17. The summed E-state index contributed by atoms with van der Waals surface area (Å²) in [5.74, 6) is 1.39. The zero-order chi connectivity index (χ0) is 9.97. The van der Waals surface area contributed by atoms with E-state index in [2.05, 4.69) is 39.4 Å². The highest BCUT2D eigenvalue weighted by Gasteiger charge is 2.24. The second-order valence-corrected chi connectivity index (χ2v) is 4.17. The first kappa shape index (κ1) is 9.58. The van der Waals surface area contributed by atoms with Crippen molar-refractivity contribution in [3.63, 3.8) is 0 Å². The van der Waals surface area contributed by atoms with Crippen molar-refractivity contribution in [2.24, 2.45) is 0 Å². The third-order valence-corrected chi connectivity index (χ3v) is 2.99. The highest BCUT2D eigenvalue weighted by Crippen LogP contribution is 2.25. The summed E-state index contributed by atoms with van der Waals surface area (Å²) in [6, 6.07) is 0.654. The molecule has 2 heterocycles. The Balaban J connectivity index is 1.90. The zero-order valence-corrected chi connectivity index (χ0v) is 8.77. The number of aromatic nitrogens is 4. The van der Waals surface area contributed by atoms with E-state index in [1.807, 2.05) is 0 Å². The molecular weight excluding hydrogens is 178 g/mol. The van der Waals surface area contributed by atoms with Crippen LogP contribution < -0.4 is 0 Å². The molecule has 2 rings (SSSR count). The largest absolute Gasteiger partial charge is 0.301 e. The number of nitrogens with one attached hydrogen (secondary N) is 1. The fourth-order valence-electron chi connectivity index (χ4n) is 2.02. The molecule has 0 aliphatic carbocycles. The molecule has 0 unspecified atom stereocenters. The van der Waals surface area contributed by atoms with Gasteiger partial charge in [-0.25, -0.2) is 0 Å². The predicted octanol–water partition coefficient (Wildman–Crippen LogP) is 0.787. The van der Waals surface area contributed by atoms with Crippen molar-refractivity contribution in [1.82, 2.24) is 25.5 Å². The minimum absolute atomic E-state index is 0.503. The summed E-state index contributed by atoms with van der Waals surface area (Å²) in [4.78, 5) is 2.50. The number of H-pyrrole nitrogens is 1. The first-order chi connectivity index (χ1) is 6.77. The third kappa shape index (κ3) is 1.92. The maximum Gasteiger partial charge on any atom is 0.177 e. The zero-order valence-electron chi connectivity index (χ0n) is 8.77. The molecule has 78 valence electrons. The fourth-order valence-corrected chi connectivity index (χ4v) is 2.02. The van der Waals surface area contributed by atoms with Crippen LogP contribution in [0.25, 0.3) is 0 Å². The average Bonchev–Trinajstić information content (AvgIpc) is 2.71. The number of likely N-dealkylation sites (tertiary alicyclic amines) is 1. The molecule has 0 radical (unpaired) electrons. The standard InChI is InChI=1S/C9H17N5/c1-7(2)14-5-3-8(4-6-14)9-10-12-13-11-9/h7-8H,3-6H2,1-2H3,(H,10,11,12,13). The van der Waals surface area contributed by atoms with Crippen molar-refractivity contribution >= 4 is 0 Å². The van der Waals surface area contributed by atoms with Gasteiger partial charge in [-0.2, -0.15) is 5.21 Å². The lowest BCUT2D eigenvalue weighted by atomic mass is 9.95. The number of tetrazole rings is 1. The van der Waals surface area contributed by atoms with Crippen molar-refractivity contribution in [2.75, 3.05) is 13.1 Å². The van der Waals surface area contributed by atoms with Crippen LogP contribution in [-0.4, -0.2) is 44.7 Å². The highest BCUT2D eigenvalue weighted by molar-refractivity contribution is 4.94. The van der Waals surface area contributed by atoms with Crippen molar-refractivity contribution in [1.29, 1.82) is 0 Å². The number of hydrogen-bond donors (Lipinski definition) is 1. The lowest BCUT2D eigenvalue weighted by Gasteiger charge is -2.33. The molecule has 1 aliphatic heterocycles. The molecule has 1 fully saturated rings. The Hall–Kier alpha value is -0.970. The summed E-state index contributed by atoms with van der Waals surface area (Å²) >= 11 is 0. The summed E-state index contributed by atoms with van der Waals surface area (Å²) in [5.41, 5.74) is 0. The fraction of sp³-hybridized carbons (Fsp3) is 0.889. The minimum Gasteiger partial charge on any atom is -0.301 e. The first-order valence-corrected chi connectivity index (χ1v) is 5.24. The number of piperidine rings is 1. The Morgan fingerprint density at radius 2 is 2.07 bits per heavy atom. The molecule has 0 spiro atoms. The molecule has 0 atom stereocenters. The SMILES string of the molecule is CC(C)N1CCC(c2nn[nH]n2)CC1. The van der Waals surface area contributed by atoms with Gasteiger partial charge in [-0.15, -0.1) is 10.2 Å². The van der Waals surface area contributed by atoms with Gasteiger partial charge in [0.1, 0.15) is 0 Å². The van der Waals surface area contributed by atoms with Gasteiger partial charge in [0.25, 0.3) is 0 Å². The van der Waals surface area contributed by atoms with Crippen LogP contribution in [0, 0.1) is 0 Å². The van der Waals surface area contributed by atoms with E-state index in [-0.39, 0.29) is 0 Å². The number of nitrogens with zero attached hydrogens (tertiary/aromatic N) is 4. The molecule has 5 nitrogen and oxygen atoms in total. The van der Waals surface area contributed by atoms with E-state index in [0.29, 0.717) is 12.0 Å². The van der Waals surface area contributed by atoms with Gasteiger partial charge < -0.3 is 4.90 Å². The summed E-state index contributed by atoms with van der Waals surface area (Å²) in [5, 5.41) is 14.2. The van der Waals surface area contributed by atoms with Crippen molar-refractivity contribution in [3.8, 4) is 0 Å². The second kappa shape index (κ2) is 4.04. The normalized spacial score (nSPS) is 20.5. The average molecular weight is 195 g/mol. The molecule has 1 aromatic rings. The summed E-state index contributed by atoms with van der Waals surface area (Å²) in [7, 11) is 0. The molecule has 0 aromatic carbocycles. The van der Waals surface area contributed by atoms with Gasteiger partial charge in [-0.1, -0.05) is 5.21 Å². The van der Waals surface area contributed by atoms with Crippen LogP contribution in [0.5, 0.6) is 0 Å². The predicted molar refractivity (Wildman–Crippen MR) is 52.9 cm³/mol. The van der Waals surface area contributed by atoms with Gasteiger partial charge in [0, 0.05) is 12.0 Å². The Morgan fingerprint density at radius 3 is 2.57 bits per heavy atom. The van der Waals surface area contributed by atoms with Gasteiger partial charge >= 0.3 is 0 Å². The molecule has 5 heteroatoms. The topological polar surface area (TPSA) is 57.7 Å². The molecule has 1 aromatic heterocycles. The monoisotopic (exact) mass is 195 g/mol. The van der Waals surface area contributed by atoms with E-state index >= 15 is 0 Å². The number of hydrogen-bond acceptors (Lipinski definition) is 4. The van der Waals surface area contributed by atoms with Crippen LogP contribution in [0.2, 0.25) is 0 Å². The van der Waals surface area contributed by atoms with Gasteiger partial charge in [0.05, 0.1) is 0 Å². The number of aromatic amines is 1. The lowest BCUT2D eigenvalue weighted by Crippen LogP contribution is -2.38. The summed E-state index contributed by atoms with van der Waals surface area (Å²) in [6.07, 6.45) is 2.30. The van der Waals surface area contributed by atoms with E-state index in [9.17, 15) is 0 Å². The van der Waals surface area contributed by atoms with Gasteiger partial charge in [-0.05, 0) is 39.8 Å². The molecule has 0 bridgehead atoms. The first-order valence-electron chi connectivity index (χ1n) is 5.24. The van der Waals surface area contributed by atoms with Crippen molar-refractivity contribution in [3.05, 3.63) is 5.82 Å². The van der Waals surface area contributed by atoms with E-state index < -0.39 is 0 Å². The van der Waals surface area contributed by atoms with Crippen molar-refractivity contribution < 1.29 is 0 Å². The Kier molecular flexibility index (Phi) is 2.77. The van der Waals surface area contributed by atoms with Gasteiger partial charge in [0.15, 0.2) is 5.82 Å². The van der Waals surface area contributed by atoms with Crippen LogP contribution in [0.15, 0.2) is 0 Å². The lowest BCUT2D eigenvalue weighted by molar-refractivity contribution is 0.169. The Labute approximate surface area is 83.9 Å². The maximum absolute atomic E-state index is 4.04. The number of rotatable bonds is 2. The molecule has 0 amide bonds. The van der Waals surface area contributed by atoms with Crippen LogP contribution >= 0.6 is 0 Å². The minimum atomic E-state index is 0.503. The van der Waals surface area contributed by atoms with Crippen LogP contribution in [0.4, 0.5) is 0 Å². The Bertz CT molecular complexity index is 261. The van der Waals surface area contributed by atoms with Crippen molar-refractivity contribution in [2.45, 2.75) is 38.6 Å². The summed E-state index contributed by atoms with van der Waals surface area (Å²) < 4.78 is 0. The molecule has 14 heavy (non-hydrogen) atoms. The smallest absolute Gasteiger partial charge is 0.177 e. The van der Waals surface area contributed by atoms with E-state index in [1.54, 1.807) is 0 Å². The molecule has 1 aliphatic rings. The van der Waals surface area contributed by atoms with Gasteiger partial charge in [-0.3, -0.25) is 0 Å². The van der Waals surface area contributed by atoms with Crippen LogP contribution in [0.3, 0.4) is 0 Å². The molecular formula is C9H17N5. The third-order valence-electron chi connectivity index (χ3n) is 2.99.